The second kappa shape index (κ2) is 8.44. The Kier molecular flexibility index (Phi) is 6.00. The first-order chi connectivity index (χ1) is 13.5. The fourth-order valence-electron chi connectivity index (χ4n) is 3.88. The minimum absolute atomic E-state index is 0.0572. The Morgan fingerprint density at radius 2 is 2.18 bits per heavy atom. The fraction of sp³-hybridized carbons (Fsp3) is 0.476. The summed E-state index contributed by atoms with van der Waals surface area (Å²) in [4.78, 5) is 23.9. The lowest BCUT2D eigenvalue weighted by Crippen LogP contribution is -2.23. The van der Waals surface area contributed by atoms with Crippen LogP contribution in [0.4, 0.5) is 0 Å². The molecule has 1 unspecified atom stereocenters. The van der Waals surface area contributed by atoms with Crippen LogP contribution in [-0.4, -0.2) is 39.4 Å². The molecule has 0 saturated carbocycles. The number of methoxy groups -OCH3 is 2. The third kappa shape index (κ3) is 3.60. The highest BCUT2D eigenvalue weighted by Crippen LogP contribution is 2.38. The van der Waals surface area contributed by atoms with E-state index < -0.39 is 5.97 Å². The quantitative estimate of drug-likeness (QED) is 0.568. The van der Waals surface area contributed by atoms with Gasteiger partial charge in [-0.3, -0.25) is 4.79 Å². The number of nitriles is 1. The minimum atomic E-state index is -0.471. The number of cyclic esters (lactones) is 1. The summed E-state index contributed by atoms with van der Waals surface area (Å²) in [5, 5.41) is 9.74. The van der Waals surface area contributed by atoms with E-state index in [2.05, 4.69) is 6.07 Å². The van der Waals surface area contributed by atoms with Crippen LogP contribution in [0.5, 0.6) is 5.75 Å². The van der Waals surface area contributed by atoms with Crippen LogP contribution in [-0.2, 0) is 32.0 Å². The molecule has 2 heterocycles. The Hall–Kier alpha value is -2.85. The number of ether oxygens (including phenoxy) is 4. The molecule has 0 amide bonds. The Balaban J connectivity index is 1.99. The molecule has 2 aliphatic heterocycles. The molecule has 2 aliphatic rings. The molecular weight excluding hydrogens is 362 g/mol. The number of carbonyl (C=O) groups excluding carboxylic acids is 2. The summed E-state index contributed by atoms with van der Waals surface area (Å²) < 4.78 is 21.0. The Morgan fingerprint density at radius 1 is 1.39 bits per heavy atom. The summed E-state index contributed by atoms with van der Waals surface area (Å²) in [6.07, 6.45) is 3.39. The largest absolute Gasteiger partial charge is 0.496 e. The van der Waals surface area contributed by atoms with Crippen LogP contribution < -0.4 is 4.74 Å². The van der Waals surface area contributed by atoms with Gasteiger partial charge in [-0.2, -0.15) is 5.26 Å². The molecule has 1 fully saturated rings. The van der Waals surface area contributed by atoms with Crippen LogP contribution in [0.25, 0.3) is 0 Å². The van der Waals surface area contributed by atoms with Crippen LogP contribution >= 0.6 is 0 Å². The van der Waals surface area contributed by atoms with E-state index in [9.17, 15) is 14.9 Å². The number of rotatable bonds is 5. The van der Waals surface area contributed by atoms with Crippen LogP contribution in [0, 0.1) is 24.2 Å². The van der Waals surface area contributed by atoms with E-state index in [0.29, 0.717) is 54.1 Å². The molecule has 1 saturated heterocycles. The van der Waals surface area contributed by atoms with Crippen molar-refractivity contribution in [2.45, 2.75) is 32.8 Å². The number of hydrogen-bond donors (Lipinski definition) is 0. The zero-order chi connectivity index (χ0) is 20.3. The number of nitrogens with zero attached hydrogens (tertiary/aromatic N) is 1. The molecule has 0 N–H and O–H groups in total. The maximum atomic E-state index is 12.2. The molecule has 1 aromatic carbocycles. The van der Waals surface area contributed by atoms with E-state index in [0.717, 1.165) is 11.1 Å². The summed E-state index contributed by atoms with van der Waals surface area (Å²) in [6.45, 7) is 3.07. The third-order valence-electron chi connectivity index (χ3n) is 5.38. The monoisotopic (exact) mass is 385 g/mol. The van der Waals surface area contributed by atoms with Gasteiger partial charge in [0.2, 0.25) is 0 Å². The second-order valence-electron chi connectivity index (χ2n) is 6.84. The maximum Gasteiger partial charge on any atom is 0.340 e. The van der Waals surface area contributed by atoms with E-state index in [4.69, 9.17) is 18.9 Å². The molecule has 0 bridgehead atoms. The zero-order valence-electron chi connectivity index (χ0n) is 16.3. The smallest absolute Gasteiger partial charge is 0.340 e. The molecule has 1 atom stereocenters. The van der Waals surface area contributed by atoms with Gasteiger partial charge in [-0.1, -0.05) is 11.6 Å². The minimum Gasteiger partial charge on any atom is -0.496 e. The number of benzene rings is 1. The van der Waals surface area contributed by atoms with Crippen molar-refractivity contribution < 1.29 is 28.5 Å². The van der Waals surface area contributed by atoms with Crippen molar-refractivity contribution in [3.05, 3.63) is 39.5 Å². The standard InChI is InChI=1S/C21H23NO6/c1-12-17-11-28-21(24)19(17)16(9-22)15(20(12)26-3)5-4-13-6-7-27-10-14(13)8-18(23)25-2/h4,14H,5-8,10-11H2,1-3H3. The van der Waals surface area contributed by atoms with Crippen LogP contribution in [0.1, 0.15) is 45.5 Å². The van der Waals surface area contributed by atoms with E-state index in [-0.39, 0.29) is 24.9 Å². The molecule has 0 aliphatic carbocycles. The predicted octanol–water partition coefficient (Wildman–Crippen LogP) is 2.61. The molecule has 1 aromatic rings. The first-order valence-corrected chi connectivity index (χ1v) is 9.14. The summed E-state index contributed by atoms with van der Waals surface area (Å²) in [6, 6.07) is 2.16. The zero-order valence-corrected chi connectivity index (χ0v) is 16.3. The van der Waals surface area contributed by atoms with Gasteiger partial charge in [0.15, 0.2) is 0 Å². The highest BCUT2D eigenvalue weighted by molar-refractivity contribution is 5.97. The van der Waals surface area contributed by atoms with E-state index in [1.807, 2.05) is 13.0 Å². The molecular formula is C21H23NO6. The van der Waals surface area contributed by atoms with Crippen molar-refractivity contribution in [2.24, 2.45) is 5.92 Å². The molecule has 0 aromatic heterocycles. The van der Waals surface area contributed by atoms with Crippen LogP contribution in [0.3, 0.4) is 0 Å². The Morgan fingerprint density at radius 3 is 2.86 bits per heavy atom. The molecule has 7 heteroatoms. The molecule has 28 heavy (non-hydrogen) atoms. The van der Waals surface area contributed by atoms with Gasteiger partial charge in [0.1, 0.15) is 18.4 Å². The summed E-state index contributed by atoms with van der Waals surface area (Å²) >= 11 is 0. The average molecular weight is 385 g/mol. The van der Waals surface area contributed by atoms with Gasteiger partial charge in [0, 0.05) is 17.0 Å². The van der Waals surface area contributed by atoms with E-state index in [1.165, 1.54) is 7.11 Å². The summed E-state index contributed by atoms with van der Waals surface area (Å²) in [5.74, 6) is -0.214. The highest BCUT2D eigenvalue weighted by atomic mass is 16.5. The predicted molar refractivity (Wildman–Crippen MR) is 98.9 cm³/mol. The second-order valence-corrected chi connectivity index (χ2v) is 6.84. The number of allylic oxidation sites excluding steroid dienone is 1. The number of hydrogen-bond acceptors (Lipinski definition) is 7. The van der Waals surface area contributed by atoms with Crippen molar-refractivity contribution in [1.29, 1.82) is 5.26 Å². The van der Waals surface area contributed by atoms with Gasteiger partial charge < -0.3 is 18.9 Å². The highest BCUT2D eigenvalue weighted by Gasteiger charge is 2.32. The normalized spacial score (nSPS) is 19.7. The van der Waals surface area contributed by atoms with Crippen molar-refractivity contribution in [3.63, 3.8) is 0 Å². The molecule has 0 spiro atoms. The molecule has 148 valence electrons. The number of carbonyl (C=O) groups is 2. The van der Waals surface area contributed by atoms with Crippen LogP contribution in [0.2, 0.25) is 0 Å². The number of fused-ring (bicyclic) bond motifs is 1. The van der Waals surface area contributed by atoms with Crippen LogP contribution in [0.15, 0.2) is 11.6 Å². The SMILES string of the molecule is COC(=O)CC1COCCC1=CCc1c(C#N)c2c(c(C)c1OC)COC2=O. The number of esters is 2. The maximum absolute atomic E-state index is 12.2. The van der Waals surface area contributed by atoms with Gasteiger partial charge in [0.05, 0.1) is 45.0 Å². The topological polar surface area (TPSA) is 94.8 Å². The van der Waals surface area contributed by atoms with Crippen molar-refractivity contribution in [1.82, 2.24) is 0 Å². The van der Waals surface area contributed by atoms with Gasteiger partial charge in [0.25, 0.3) is 0 Å². The molecule has 0 radical (unpaired) electrons. The van der Waals surface area contributed by atoms with Gasteiger partial charge in [-0.25, -0.2) is 4.79 Å². The first-order valence-electron chi connectivity index (χ1n) is 9.14. The van der Waals surface area contributed by atoms with E-state index in [1.54, 1.807) is 7.11 Å². The molecule has 7 nitrogen and oxygen atoms in total. The lowest BCUT2D eigenvalue weighted by Gasteiger charge is -2.25. The van der Waals surface area contributed by atoms with Gasteiger partial charge in [-0.15, -0.1) is 0 Å². The lowest BCUT2D eigenvalue weighted by molar-refractivity contribution is -0.142. The average Bonchev–Trinajstić information content (AvgIpc) is 3.09. The van der Waals surface area contributed by atoms with Crippen molar-refractivity contribution >= 4 is 11.9 Å². The third-order valence-corrected chi connectivity index (χ3v) is 5.38. The van der Waals surface area contributed by atoms with Gasteiger partial charge in [-0.05, 0) is 25.3 Å². The Bertz CT molecular complexity index is 880. The van der Waals surface area contributed by atoms with E-state index >= 15 is 0 Å². The van der Waals surface area contributed by atoms with Gasteiger partial charge >= 0.3 is 11.9 Å². The fourth-order valence-corrected chi connectivity index (χ4v) is 3.88. The molecule has 3 rings (SSSR count). The van der Waals surface area contributed by atoms with Crippen molar-refractivity contribution in [3.8, 4) is 11.8 Å². The Labute approximate surface area is 163 Å². The summed E-state index contributed by atoms with van der Waals surface area (Å²) in [7, 11) is 2.92. The lowest BCUT2D eigenvalue weighted by atomic mass is 9.87. The first kappa shape index (κ1) is 19.9. The van der Waals surface area contributed by atoms with Crippen molar-refractivity contribution in [2.75, 3.05) is 27.4 Å². The summed E-state index contributed by atoms with van der Waals surface area (Å²) in [5.41, 5.74) is 3.91.